The topological polar surface area (TPSA) is 61.1 Å². The second-order valence-electron chi connectivity index (χ2n) is 6.23. The number of Topliss-reactive ketones (excluding diaryl/α,β-unsaturated/α-hetero) is 1. The van der Waals surface area contributed by atoms with Crippen molar-refractivity contribution in [2.75, 3.05) is 0 Å². The number of rotatable bonds is 4. The minimum Gasteiger partial charge on any atom is -0.292 e. The molecule has 0 spiro atoms. The molecule has 10 heteroatoms. The third kappa shape index (κ3) is 3.69. The maximum absolute atomic E-state index is 13.3. The summed E-state index contributed by atoms with van der Waals surface area (Å²) < 4.78 is 2.96. The zero-order valence-corrected chi connectivity index (χ0v) is 18.6. The summed E-state index contributed by atoms with van der Waals surface area (Å²) in [6.45, 7) is 1.56. The van der Waals surface area contributed by atoms with Crippen molar-refractivity contribution >= 4 is 73.5 Å². The molecule has 0 atom stereocenters. The first kappa shape index (κ1) is 20.4. The monoisotopic (exact) mass is 484 g/mol. The molecule has 0 radical (unpaired) electrons. The Kier molecular flexibility index (Phi) is 5.44. The predicted octanol–water partition coefficient (Wildman–Crippen LogP) is 5.43. The van der Waals surface area contributed by atoms with E-state index in [0.717, 1.165) is 20.8 Å². The van der Waals surface area contributed by atoms with Crippen LogP contribution in [0.25, 0.3) is 15.9 Å². The summed E-state index contributed by atoms with van der Waals surface area (Å²) in [5.41, 5.74) is -0.513. The van der Waals surface area contributed by atoms with Gasteiger partial charge in [-0.2, -0.15) is 0 Å². The van der Waals surface area contributed by atoms with Gasteiger partial charge in [-0.25, -0.2) is 9.36 Å². The van der Waals surface area contributed by atoms with Crippen LogP contribution < -0.4 is 11.2 Å². The van der Waals surface area contributed by atoms with Crippen molar-refractivity contribution in [2.24, 2.45) is 0 Å². The molecule has 0 saturated carbocycles. The maximum atomic E-state index is 13.3. The van der Waals surface area contributed by atoms with Gasteiger partial charge in [0, 0.05) is 9.90 Å². The van der Waals surface area contributed by atoms with Crippen LogP contribution in [0.15, 0.2) is 46.0 Å². The Bertz CT molecular complexity index is 1400. The molecule has 3 aromatic heterocycles. The fourth-order valence-electron chi connectivity index (χ4n) is 3.01. The fraction of sp³-hybridized carbons (Fsp3) is 0.105. The van der Waals surface area contributed by atoms with E-state index in [1.807, 2.05) is 6.92 Å². The predicted molar refractivity (Wildman–Crippen MR) is 120 cm³/mol. The number of aryl methyl sites for hydroxylation is 1. The van der Waals surface area contributed by atoms with E-state index >= 15 is 0 Å². The largest absolute Gasteiger partial charge is 0.337 e. The third-order valence-electron chi connectivity index (χ3n) is 4.26. The number of aromatic nitrogens is 2. The van der Waals surface area contributed by atoms with Gasteiger partial charge >= 0.3 is 5.69 Å². The highest BCUT2D eigenvalue weighted by atomic mass is 35.5. The summed E-state index contributed by atoms with van der Waals surface area (Å²) in [4.78, 5) is 40.4. The first-order valence-electron chi connectivity index (χ1n) is 8.26. The van der Waals surface area contributed by atoms with Gasteiger partial charge in [-0.1, -0.05) is 40.9 Å². The highest BCUT2D eigenvalue weighted by molar-refractivity contribution is 7.20. The summed E-state index contributed by atoms with van der Waals surface area (Å²) in [5.74, 6) is -0.371. The van der Waals surface area contributed by atoms with Crippen molar-refractivity contribution < 1.29 is 4.79 Å². The molecule has 0 aliphatic heterocycles. The molecular weight excluding hydrogens is 475 g/mol. The number of hydrogen-bond acceptors (Lipinski definition) is 5. The van der Waals surface area contributed by atoms with Gasteiger partial charge in [0.2, 0.25) is 0 Å². The lowest BCUT2D eigenvalue weighted by molar-refractivity contribution is 0.0972. The summed E-state index contributed by atoms with van der Waals surface area (Å²) in [5, 5.41) is 0.743. The van der Waals surface area contributed by atoms with Gasteiger partial charge in [0.25, 0.3) is 5.56 Å². The molecule has 0 unspecified atom stereocenters. The van der Waals surface area contributed by atoms with E-state index in [1.54, 1.807) is 24.3 Å². The molecule has 0 fully saturated rings. The van der Waals surface area contributed by atoms with E-state index in [0.29, 0.717) is 25.3 Å². The smallest absolute Gasteiger partial charge is 0.292 e. The maximum Gasteiger partial charge on any atom is 0.337 e. The van der Waals surface area contributed by atoms with Crippen molar-refractivity contribution in [3.8, 4) is 5.69 Å². The van der Waals surface area contributed by atoms with Gasteiger partial charge in [-0.05, 0) is 37.3 Å². The molecule has 3 heterocycles. The number of carbonyl (C=O) groups is 1. The van der Waals surface area contributed by atoms with Crippen LogP contribution in [-0.4, -0.2) is 14.9 Å². The van der Waals surface area contributed by atoms with Crippen LogP contribution in [0.1, 0.15) is 15.2 Å². The van der Waals surface area contributed by atoms with Crippen LogP contribution in [0.5, 0.6) is 0 Å². The van der Waals surface area contributed by atoms with Crippen LogP contribution >= 0.6 is 57.5 Å². The molecule has 5 nitrogen and oxygen atoms in total. The second-order valence-corrected chi connectivity index (χ2v) is 10.2. The van der Waals surface area contributed by atoms with Gasteiger partial charge in [-0.3, -0.25) is 14.2 Å². The zero-order chi connectivity index (χ0) is 20.9. The minimum absolute atomic E-state index is 0.246. The van der Waals surface area contributed by atoms with Crippen molar-refractivity contribution in [3.63, 3.8) is 0 Å². The van der Waals surface area contributed by atoms with Crippen molar-refractivity contribution in [3.05, 3.63) is 81.4 Å². The first-order valence-corrected chi connectivity index (χ1v) is 11.0. The number of carbonyl (C=O) groups excluding carboxylic acids is 1. The number of halogens is 3. The Hall–Kier alpha value is -1.90. The lowest BCUT2D eigenvalue weighted by Gasteiger charge is -2.11. The molecule has 1 aromatic carbocycles. The normalized spacial score (nSPS) is 11.3. The highest BCUT2D eigenvalue weighted by Gasteiger charge is 2.21. The van der Waals surface area contributed by atoms with E-state index in [-0.39, 0.29) is 22.2 Å². The highest BCUT2D eigenvalue weighted by Crippen LogP contribution is 2.32. The molecule has 0 aliphatic rings. The van der Waals surface area contributed by atoms with Crippen molar-refractivity contribution in [2.45, 2.75) is 13.5 Å². The number of hydrogen-bond donors (Lipinski definition) is 0. The number of benzene rings is 1. The molecule has 4 aromatic rings. The van der Waals surface area contributed by atoms with Crippen LogP contribution in [0.2, 0.25) is 13.7 Å². The first-order chi connectivity index (χ1) is 13.8. The van der Waals surface area contributed by atoms with Gasteiger partial charge in [-0.15, -0.1) is 22.7 Å². The average molecular weight is 486 g/mol. The van der Waals surface area contributed by atoms with E-state index in [9.17, 15) is 14.4 Å². The van der Waals surface area contributed by atoms with Gasteiger partial charge in [0.15, 0.2) is 5.78 Å². The van der Waals surface area contributed by atoms with Crippen molar-refractivity contribution in [1.29, 1.82) is 0 Å². The molecule has 0 saturated heterocycles. The number of ketones is 1. The quantitative estimate of drug-likeness (QED) is 0.362. The van der Waals surface area contributed by atoms with Crippen LogP contribution in [0.4, 0.5) is 0 Å². The zero-order valence-electron chi connectivity index (χ0n) is 14.7. The minimum atomic E-state index is -0.627. The molecule has 0 amide bonds. The van der Waals surface area contributed by atoms with Gasteiger partial charge in [0.1, 0.15) is 9.17 Å². The van der Waals surface area contributed by atoms with Gasteiger partial charge in [0.05, 0.1) is 27.5 Å². The second kappa shape index (κ2) is 7.74. The molecule has 148 valence electrons. The molecule has 0 bridgehead atoms. The van der Waals surface area contributed by atoms with E-state index in [2.05, 4.69) is 0 Å². The summed E-state index contributed by atoms with van der Waals surface area (Å²) in [6.07, 6.45) is 0. The Morgan fingerprint density at radius 3 is 2.48 bits per heavy atom. The Labute approximate surface area is 187 Å². The lowest BCUT2D eigenvalue weighted by Crippen LogP contribution is -2.39. The number of nitrogens with zero attached hydrogens (tertiary/aromatic N) is 2. The molecule has 0 aliphatic carbocycles. The van der Waals surface area contributed by atoms with E-state index < -0.39 is 11.2 Å². The molecule has 0 N–H and O–H groups in total. The Balaban J connectivity index is 1.96. The standard InChI is InChI=1S/C19H11Cl3N2O3S2/c1-9-5-13-17(26)24(11-4-2-3-10(20)6-11)19(27)23(18(13)28-9)8-14(25)12-7-15(21)29-16(12)22/h2-7H,8H2,1H3. The Morgan fingerprint density at radius 1 is 1.07 bits per heavy atom. The summed E-state index contributed by atoms with van der Waals surface area (Å²) >= 11 is 20.4. The number of fused-ring (bicyclic) bond motifs is 1. The third-order valence-corrected chi connectivity index (χ3v) is 7.06. The molecule has 4 rings (SSSR count). The van der Waals surface area contributed by atoms with Crippen LogP contribution in [0.3, 0.4) is 0 Å². The molecule has 29 heavy (non-hydrogen) atoms. The molecular formula is C19H11Cl3N2O3S2. The summed E-state index contributed by atoms with van der Waals surface area (Å²) in [7, 11) is 0. The van der Waals surface area contributed by atoms with Gasteiger partial charge < -0.3 is 0 Å². The van der Waals surface area contributed by atoms with E-state index in [4.69, 9.17) is 34.8 Å². The van der Waals surface area contributed by atoms with Crippen molar-refractivity contribution in [1.82, 2.24) is 9.13 Å². The fourth-order valence-corrected chi connectivity index (χ4v) is 5.69. The number of thiophene rings is 2. The van der Waals surface area contributed by atoms with Crippen LogP contribution in [0, 0.1) is 6.92 Å². The van der Waals surface area contributed by atoms with E-state index in [1.165, 1.54) is 28.0 Å². The Morgan fingerprint density at radius 2 is 1.83 bits per heavy atom. The van der Waals surface area contributed by atoms with Crippen LogP contribution in [-0.2, 0) is 6.54 Å². The summed E-state index contributed by atoms with van der Waals surface area (Å²) in [6, 6.07) is 9.62. The SMILES string of the molecule is Cc1cc2c(=O)n(-c3cccc(Cl)c3)c(=O)n(CC(=O)c3cc(Cl)sc3Cl)c2s1. The lowest BCUT2D eigenvalue weighted by atomic mass is 10.2. The average Bonchev–Trinajstić information content (AvgIpc) is 3.20.